The number of benzene rings is 1. The fraction of sp³-hybridized carbons (Fsp3) is 0.571. The molecule has 0 aromatic heterocycles. The van der Waals surface area contributed by atoms with E-state index in [2.05, 4.69) is 31.1 Å². The molecule has 1 aliphatic heterocycles. The first-order chi connectivity index (χ1) is 8.49. The first-order valence-electron chi connectivity index (χ1n) is 6.40. The molecule has 1 aromatic carbocycles. The maximum atomic E-state index is 6.20. The molecule has 0 amide bonds. The van der Waals surface area contributed by atoms with Gasteiger partial charge in [0.2, 0.25) is 0 Å². The Labute approximate surface area is 119 Å². The molecular weight excluding hydrogens is 267 g/mol. The molecule has 2 rings (SSSR count). The van der Waals surface area contributed by atoms with Crippen LogP contribution in [0, 0.1) is 5.92 Å². The summed E-state index contributed by atoms with van der Waals surface area (Å²) in [5.74, 6) is 0.582. The quantitative estimate of drug-likeness (QED) is 0.879. The topological polar surface area (TPSA) is 15.3 Å². The Hall–Kier alpha value is -0.440. The monoisotopic (exact) mass is 286 g/mol. The largest absolute Gasteiger partial charge is 0.380 e. The molecule has 3 unspecified atom stereocenters. The van der Waals surface area contributed by atoms with Crippen molar-refractivity contribution in [2.75, 3.05) is 18.9 Å². The number of rotatable bonds is 2. The van der Waals surface area contributed by atoms with Gasteiger partial charge in [-0.15, -0.1) is 0 Å². The Kier molecular flexibility index (Phi) is 4.41. The van der Waals surface area contributed by atoms with E-state index in [0.29, 0.717) is 28.0 Å². The summed E-state index contributed by atoms with van der Waals surface area (Å²) >= 11 is 12.4. The lowest BCUT2D eigenvalue weighted by Gasteiger charge is -2.40. The second-order valence-electron chi connectivity index (χ2n) is 5.35. The van der Waals surface area contributed by atoms with Gasteiger partial charge in [-0.2, -0.15) is 0 Å². The summed E-state index contributed by atoms with van der Waals surface area (Å²) < 4.78 is 0. The van der Waals surface area contributed by atoms with Crippen molar-refractivity contribution in [1.29, 1.82) is 0 Å². The van der Waals surface area contributed by atoms with E-state index in [-0.39, 0.29) is 0 Å². The third-order valence-corrected chi connectivity index (χ3v) is 4.53. The summed E-state index contributed by atoms with van der Waals surface area (Å²) in [5, 5.41) is 4.92. The third-order valence-electron chi connectivity index (χ3n) is 3.90. The van der Waals surface area contributed by atoms with Gasteiger partial charge in [-0.3, -0.25) is 0 Å². The van der Waals surface area contributed by atoms with Crippen molar-refractivity contribution in [2.45, 2.75) is 32.4 Å². The smallest absolute Gasteiger partial charge is 0.0721 e. The fourth-order valence-corrected chi connectivity index (χ4v) is 3.07. The van der Waals surface area contributed by atoms with E-state index in [4.69, 9.17) is 23.2 Å². The molecule has 0 bridgehead atoms. The van der Waals surface area contributed by atoms with Crippen LogP contribution < -0.4 is 5.32 Å². The number of anilines is 1. The minimum atomic E-state index is 0.425. The second-order valence-corrected chi connectivity index (χ2v) is 6.16. The fourth-order valence-electron chi connectivity index (χ4n) is 2.56. The molecule has 0 saturated carbocycles. The third kappa shape index (κ3) is 2.93. The Morgan fingerprint density at radius 3 is 2.44 bits per heavy atom. The van der Waals surface area contributed by atoms with Crippen LogP contribution in [-0.2, 0) is 0 Å². The lowest BCUT2D eigenvalue weighted by molar-refractivity contribution is 0.145. The predicted molar refractivity (Wildman–Crippen MR) is 79.7 cm³/mol. The summed E-state index contributed by atoms with van der Waals surface area (Å²) in [6, 6.07) is 6.63. The van der Waals surface area contributed by atoms with Crippen molar-refractivity contribution in [2.24, 2.45) is 5.92 Å². The highest BCUT2D eigenvalue weighted by Gasteiger charge is 2.29. The number of nitrogens with zero attached hydrogens (tertiary/aromatic N) is 1. The van der Waals surface area contributed by atoms with E-state index in [1.165, 1.54) is 0 Å². The summed E-state index contributed by atoms with van der Waals surface area (Å²) in [4.78, 5) is 2.40. The number of para-hydroxylation sites is 1. The van der Waals surface area contributed by atoms with Crippen LogP contribution in [-0.4, -0.2) is 30.6 Å². The van der Waals surface area contributed by atoms with Crippen LogP contribution in [0.3, 0.4) is 0 Å². The molecule has 3 atom stereocenters. The molecule has 1 fully saturated rings. The zero-order valence-electron chi connectivity index (χ0n) is 11.1. The number of hydrogen-bond donors (Lipinski definition) is 1. The van der Waals surface area contributed by atoms with Crippen molar-refractivity contribution in [3.05, 3.63) is 28.2 Å². The van der Waals surface area contributed by atoms with E-state index in [0.717, 1.165) is 18.7 Å². The van der Waals surface area contributed by atoms with Crippen molar-refractivity contribution in [3.63, 3.8) is 0 Å². The van der Waals surface area contributed by atoms with Gasteiger partial charge in [0.05, 0.1) is 15.7 Å². The molecule has 1 aliphatic rings. The lowest BCUT2D eigenvalue weighted by atomic mass is 9.89. The van der Waals surface area contributed by atoms with Crippen LogP contribution >= 0.6 is 23.2 Å². The van der Waals surface area contributed by atoms with Crippen molar-refractivity contribution in [1.82, 2.24) is 4.90 Å². The number of nitrogens with one attached hydrogen (secondary N) is 1. The molecule has 18 heavy (non-hydrogen) atoms. The van der Waals surface area contributed by atoms with Gasteiger partial charge < -0.3 is 10.2 Å². The van der Waals surface area contributed by atoms with E-state index < -0.39 is 0 Å². The summed E-state index contributed by atoms with van der Waals surface area (Å²) in [5.41, 5.74) is 0.870. The maximum absolute atomic E-state index is 6.20. The molecule has 2 nitrogen and oxygen atoms in total. The zero-order chi connectivity index (χ0) is 13.3. The normalized spacial score (nSPS) is 29.3. The highest BCUT2D eigenvalue weighted by atomic mass is 35.5. The molecule has 1 saturated heterocycles. The Balaban J connectivity index is 2.14. The summed E-state index contributed by atoms with van der Waals surface area (Å²) in [7, 11) is 2.18. The Bertz CT molecular complexity index is 402. The van der Waals surface area contributed by atoms with Gasteiger partial charge in [-0.05, 0) is 38.4 Å². The van der Waals surface area contributed by atoms with Crippen LogP contribution in [0.5, 0.6) is 0 Å². The molecule has 1 N–H and O–H groups in total. The number of likely N-dealkylation sites (tertiary alicyclic amines) is 1. The molecule has 1 heterocycles. The highest BCUT2D eigenvalue weighted by Crippen LogP contribution is 2.33. The zero-order valence-corrected chi connectivity index (χ0v) is 12.6. The van der Waals surface area contributed by atoms with Gasteiger partial charge >= 0.3 is 0 Å². The van der Waals surface area contributed by atoms with E-state index in [9.17, 15) is 0 Å². The molecular formula is C14H20Cl2N2. The van der Waals surface area contributed by atoms with Crippen molar-refractivity contribution >= 4 is 28.9 Å². The molecule has 0 spiro atoms. The van der Waals surface area contributed by atoms with E-state index in [1.54, 1.807) is 0 Å². The molecule has 0 radical (unpaired) electrons. The maximum Gasteiger partial charge on any atom is 0.0721 e. The average molecular weight is 287 g/mol. The number of piperidine rings is 1. The molecule has 100 valence electrons. The van der Waals surface area contributed by atoms with Crippen LogP contribution in [0.25, 0.3) is 0 Å². The van der Waals surface area contributed by atoms with Crippen molar-refractivity contribution in [3.8, 4) is 0 Å². The average Bonchev–Trinajstić information content (AvgIpc) is 2.30. The standard InChI is InChI=1S/C14H20Cl2N2/c1-9-8-18(3)10(2)7-13(9)17-14-11(15)5-4-6-12(14)16/h4-6,9-10,13,17H,7-8H2,1-3H3. The number of hydrogen-bond acceptors (Lipinski definition) is 2. The molecule has 0 aliphatic carbocycles. The Morgan fingerprint density at radius 2 is 1.83 bits per heavy atom. The first kappa shape index (κ1) is 14.0. The van der Waals surface area contributed by atoms with Gasteiger partial charge in [0.15, 0.2) is 0 Å². The van der Waals surface area contributed by atoms with Gasteiger partial charge in [0.1, 0.15) is 0 Å². The molecule has 1 aromatic rings. The SMILES string of the molecule is CC1CN(C)C(C)CC1Nc1c(Cl)cccc1Cl. The van der Waals surface area contributed by atoms with E-state index >= 15 is 0 Å². The summed E-state index contributed by atoms with van der Waals surface area (Å²) in [6.07, 6.45) is 1.11. The minimum absolute atomic E-state index is 0.425. The van der Waals surface area contributed by atoms with Gasteiger partial charge in [0.25, 0.3) is 0 Å². The number of halogens is 2. The molecule has 4 heteroatoms. The van der Waals surface area contributed by atoms with Crippen LogP contribution in [0.1, 0.15) is 20.3 Å². The van der Waals surface area contributed by atoms with Gasteiger partial charge in [-0.1, -0.05) is 36.2 Å². The van der Waals surface area contributed by atoms with Crippen LogP contribution in [0.2, 0.25) is 10.0 Å². The van der Waals surface area contributed by atoms with E-state index in [1.807, 2.05) is 18.2 Å². The van der Waals surface area contributed by atoms with Crippen LogP contribution in [0.15, 0.2) is 18.2 Å². The summed E-state index contributed by atoms with van der Waals surface area (Å²) in [6.45, 7) is 5.63. The first-order valence-corrected chi connectivity index (χ1v) is 7.15. The highest BCUT2D eigenvalue weighted by molar-refractivity contribution is 6.39. The van der Waals surface area contributed by atoms with Crippen molar-refractivity contribution < 1.29 is 0 Å². The second kappa shape index (κ2) is 5.68. The lowest BCUT2D eigenvalue weighted by Crippen LogP contribution is -2.48. The van der Waals surface area contributed by atoms with Crippen LogP contribution in [0.4, 0.5) is 5.69 Å². The minimum Gasteiger partial charge on any atom is -0.380 e. The van der Waals surface area contributed by atoms with Gasteiger partial charge in [0, 0.05) is 18.6 Å². The van der Waals surface area contributed by atoms with Gasteiger partial charge in [-0.25, -0.2) is 0 Å². The predicted octanol–water partition coefficient (Wildman–Crippen LogP) is 4.13. The Morgan fingerprint density at radius 1 is 1.22 bits per heavy atom.